The fraction of sp³-hybridized carbons (Fsp3) is 0.455. The van der Waals surface area contributed by atoms with Crippen LogP contribution in [0, 0.1) is 0 Å². The number of rotatable bonds is 6. The van der Waals surface area contributed by atoms with Gasteiger partial charge in [0.05, 0.1) is 12.2 Å². The van der Waals surface area contributed by atoms with E-state index < -0.39 is 0 Å². The molecule has 1 saturated carbocycles. The average molecular weight is 336 g/mol. The molecule has 5 rings (SSSR count). The maximum atomic E-state index is 6.39. The molecule has 2 N–H and O–H groups in total. The molecule has 2 aromatic rings. The molecular weight excluding hydrogens is 308 g/mol. The summed E-state index contributed by atoms with van der Waals surface area (Å²) in [5.74, 6) is 0. The van der Waals surface area contributed by atoms with Crippen molar-refractivity contribution in [3.63, 3.8) is 0 Å². The van der Waals surface area contributed by atoms with Crippen LogP contribution in [0.2, 0.25) is 0 Å². The van der Waals surface area contributed by atoms with E-state index in [0.717, 1.165) is 51.9 Å². The predicted molar refractivity (Wildman–Crippen MR) is 101 cm³/mol. The van der Waals surface area contributed by atoms with Crippen molar-refractivity contribution >= 4 is 0 Å². The van der Waals surface area contributed by atoms with Gasteiger partial charge in [0.25, 0.3) is 0 Å². The summed E-state index contributed by atoms with van der Waals surface area (Å²) in [6.07, 6.45) is 4.36. The second-order valence-corrected chi connectivity index (χ2v) is 7.95. The quantitative estimate of drug-likeness (QED) is 0.873. The molecule has 3 heteroatoms. The topological polar surface area (TPSA) is 38.5 Å². The fourth-order valence-corrected chi connectivity index (χ4v) is 4.25. The van der Waals surface area contributed by atoms with Crippen molar-refractivity contribution in [2.75, 3.05) is 13.2 Å². The van der Waals surface area contributed by atoms with E-state index in [9.17, 15) is 0 Å². The van der Waals surface area contributed by atoms with Gasteiger partial charge in [-0.15, -0.1) is 0 Å². The molecule has 0 amide bonds. The van der Waals surface area contributed by atoms with Gasteiger partial charge in [-0.25, -0.2) is 0 Å². The highest BCUT2D eigenvalue weighted by molar-refractivity contribution is 5.17. The van der Waals surface area contributed by atoms with E-state index in [1.807, 2.05) is 0 Å². The molecule has 25 heavy (non-hydrogen) atoms. The van der Waals surface area contributed by atoms with E-state index in [1.165, 1.54) is 11.1 Å². The Labute approximate surface area is 150 Å². The van der Waals surface area contributed by atoms with Crippen molar-refractivity contribution in [2.24, 2.45) is 5.73 Å². The Hall–Kier alpha value is -1.68. The minimum Gasteiger partial charge on any atom is -0.372 e. The van der Waals surface area contributed by atoms with Crippen LogP contribution < -0.4 is 5.73 Å². The zero-order valence-electron chi connectivity index (χ0n) is 14.9. The van der Waals surface area contributed by atoms with E-state index in [2.05, 4.69) is 65.6 Å². The van der Waals surface area contributed by atoms with Gasteiger partial charge in [0.2, 0.25) is 0 Å². The van der Waals surface area contributed by atoms with Gasteiger partial charge in [-0.3, -0.25) is 4.90 Å². The Balaban J connectivity index is 1.51. The number of benzene rings is 2. The van der Waals surface area contributed by atoms with Crippen molar-refractivity contribution in [1.29, 1.82) is 0 Å². The molecule has 132 valence electrons. The van der Waals surface area contributed by atoms with Gasteiger partial charge in [0.15, 0.2) is 0 Å². The number of nitrogens with zero attached hydrogens (tertiary/aromatic N) is 1. The number of fused-ring (bicyclic) bond motifs is 3. The molecule has 2 bridgehead atoms. The highest BCUT2D eigenvalue weighted by atomic mass is 16.5. The smallest absolute Gasteiger partial charge is 0.0811 e. The van der Waals surface area contributed by atoms with Crippen molar-refractivity contribution in [2.45, 2.75) is 49.9 Å². The number of ether oxygens (including phenoxy) is 1. The van der Waals surface area contributed by atoms with Crippen LogP contribution in [-0.4, -0.2) is 29.2 Å². The highest BCUT2D eigenvalue weighted by Gasteiger charge is 2.48. The Morgan fingerprint density at radius 1 is 0.800 bits per heavy atom. The van der Waals surface area contributed by atoms with E-state index >= 15 is 0 Å². The number of hydrogen-bond acceptors (Lipinski definition) is 3. The molecule has 0 atom stereocenters. The molecule has 3 fully saturated rings. The lowest BCUT2D eigenvalue weighted by Gasteiger charge is -2.53. The zero-order chi connectivity index (χ0) is 17.2. The second kappa shape index (κ2) is 6.91. The lowest BCUT2D eigenvalue weighted by molar-refractivity contribution is -0.164. The SMILES string of the molecule is NC12CCC(CN(Cc3ccccc3)Cc3ccccc3)(CC1)OC2. The van der Waals surface area contributed by atoms with Gasteiger partial charge in [-0.2, -0.15) is 0 Å². The minimum atomic E-state index is -0.0640. The monoisotopic (exact) mass is 336 g/mol. The van der Waals surface area contributed by atoms with Gasteiger partial charge in [0.1, 0.15) is 0 Å². The summed E-state index contributed by atoms with van der Waals surface area (Å²) in [6, 6.07) is 21.5. The lowest BCUT2D eigenvalue weighted by Crippen LogP contribution is -2.62. The summed E-state index contributed by atoms with van der Waals surface area (Å²) in [7, 11) is 0. The summed E-state index contributed by atoms with van der Waals surface area (Å²) >= 11 is 0. The van der Waals surface area contributed by atoms with Crippen molar-refractivity contribution in [1.82, 2.24) is 4.90 Å². The lowest BCUT2D eigenvalue weighted by atomic mass is 9.71. The van der Waals surface area contributed by atoms with Crippen molar-refractivity contribution < 1.29 is 4.74 Å². The van der Waals surface area contributed by atoms with Crippen LogP contribution >= 0.6 is 0 Å². The highest BCUT2D eigenvalue weighted by Crippen LogP contribution is 2.43. The first-order valence-corrected chi connectivity index (χ1v) is 9.38. The maximum absolute atomic E-state index is 6.39. The summed E-state index contributed by atoms with van der Waals surface area (Å²) in [4.78, 5) is 2.54. The summed E-state index contributed by atoms with van der Waals surface area (Å²) < 4.78 is 6.31. The standard InChI is InChI=1S/C22H28N2O/c23-21-11-13-22(14-12-21,25-18-21)17-24(15-19-7-3-1-4-8-19)16-20-9-5-2-6-10-20/h1-10H,11-18,23H2. The molecule has 3 nitrogen and oxygen atoms in total. The molecule has 0 radical (unpaired) electrons. The molecule has 2 aromatic carbocycles. The van der Waals surface area contributed by atoms with Gasteiger partial charge < -0.3 is 10.5 Å². The van der Waals surface area contributed by atoms with Crippen molar-refractivity contribution in [3.05, 3.63) is 71.8 Å². The maximum Gasteiger partial charge on any atom is 0.0811 e. The zero-order valence-corrected chi connectivity index (χ0v) is 14.9. The average Bonchev–Trinajstić information content (AvgIpc) is 2.65. The largest absolute Gasteiger partial charge is 0.372 e. The molecule has 3 aliphatic rings. The Morgan fingerprint density at radius 3 is 1.76 bits per heavy atom. The summed E-state index contributed by atoms with van der Waals surface area (Å²) in [5, 5.41) is 0. The fourth-order valence-electron chi connectivity index (χ4n) is 4.25. The van der Waals surface area contributed by atoms with Gasteiger partial charge >= 0.3 is 0 Å². The molecule has 2 heterocycles. The molecule has 0 unspecified atom stereocenters. The predicted octanol–water partition coefficient (Wildman–Crippen LogP) is 3.73. The molecule has 0 aromatic heterocycles. The molecule has 2 saturated heterocycles. The van der Waals surface area contributed by atoms with E-state index in [-0.39, 0.29) is 11.1 Å². The normalized spacial score (nSPS) is 28.4. The van der Waals surface area contributed by atoms with Crippen LogP contribution in [0.3, 0.4) is 0 Å². The van der Waals surface area contributed by atoms with Crippen molar-refractivity contribution in [3.8, 4) is 0 Å². The van der Waals surface area contributed by atoms with Crippen LogP contribution in [0.15, 0.2) is 60.7 Å². The molecule has 1 aliphatic carbocycles. The summed E-state index contributed by atoms with van der Waals surface area (Å²) in [5.41, 5.74) is 9.03. The number of nitrogens with two attached hydrogens (primary N) is 1. The molecule has 0 spiro atoms. The van der Waals surface area contributed by atoms with E-state index in [0.29, 0.717) is 0 Å². The van der Waals surface area contributed by atoms with Gasteiger partial charge in [-0.1, -0.05) is 60.7 Å². The van der Waals surface area contributed by atoms with E-state index in [4.69, 9.17) is 10.5 Å². The first kappa shape index (κ1) is 16.8. The third-order valence-electron chi connectivity index (χ3n) is 5.83. The third kappa shape index (κ3) is 3.95. The Kier molecular flexibility index (Phi) is 4.63. The Morgan fingerprint density at radius 2 is 1.32 bits per heavy atom. The van der Waals surface area contributed by atoms with Crippen LogP contribution in [0.5, 0.6) is 0 Å². The summed E-state index contributed by atoms with van der Waals surface area (Å²) in [6.45, 7) is 3.60. The van der Waals surface area contributed by atoms with Gasteiger partial charge in [-0.05, 0) is 36.8 Å². The van der Waals surface area contributed by atoms with Crippen LogP contribution in [-0.2, 0) is 17.8 Å². The first-order chi connectivity index (χ1) is 12.1. The molecule has 2 aliphatic heterocycles. The number of hydrogen-bond donors (Lipinski definition) is 1. The second-order valence-electron chi connectivity index (χ2n) is 7.95. The van der Waals surface area contributed by atoms with E-state index in [1.54, 1.807) is 0 Å². The van der Waals surface area contributed by atoms with Crippen LogP contribution in [0.25, 0.3) is 0 Å². The minimum absolute atomic E-state index is 0.00925. The van der Waals surface area contributed by atoms with Gasteiger partial charge in [0, 0.05) is 25.2 Å². The Bertz CT molecular complexity index is 620. The van der Waals surface area contributed by atoms with Crippen LogP contribution in [0.4, 0.5) is 0 Å². The first-order valence-electron chi connectivity index (χ1n) is 9.38. The molecular formula is C22H28N2O. The third-order valence-corrected chi connectivity index (χ3v) is 5.83. The van der Waals surface area contributed by atoms with Crippen LogP contribution in [0.1, 0.15) is 36.8 Å².